The van der Waals surface area contributed by atoms with Crippen LogP contribution in [-0.2, 0) is 16.8 Å². The number of nitrogens with one attached hydrogen (secondary N) is 1. The number of carboxylic acid groups (broad SMARTS) is 1. The third-order valence-corrected chi connectivity index (χ3v) is 8.01. The Bertz CT molecular complexity index is 1080. The third kappa shape index (κ3) is 6.04. The van der Waals surface area contributed by atoms with Gasteiger partial charge in [-0.1, -0.05) is 98.7 Å². The van der Waals surface area contributed by atoms with Crippen molar-refractivity contribution < 1.29 is 14.6 Å². The van der Waals surface area contributed by atoms with Gasteiger partial charge in [0, 0.05) is 24.1 Å². The van der Waals surface area contributed by atoms with Gasteiger partial charge in [0.15, 0.2) is 0 Å². The van der Waals surface area contributed by atoms with Crippen molar-refractivity contribution in [2.24, 2.45) is 11.3 Å². The van der Waals surface area contributed by atoms with E-state index < -0.39 is 12.0 Å². The summed E-state index contributed by atoms with van der Waals surface area (Å²) in [5.41, 5.74) is 4.67. The van der Waals surface area contributed by atoms with E-state index >= 15 is 0 Å². The summed E-state index contributed by atoms with van der Waals surface area (Å²) in [6.45, 7) is 21.0. The highest BCUT2D eigenvalue weighted by Crippen LogP contribution is 2.49. The summed E-state index contributed by atoms with van der Waals surface area (Å²) in [6, 6.07) is 14.3. The first-order valence-electron chi connectivity index (χ1n) is 13.7. The molecule has 1 aliphatic heterocycles. The molecular formula is C32H48N2O3. The quantitative estimate of drug-likeness (QED) is 0.412. The SMILES string of the molecule is CCN1[C@H](C(=O)O)[C@@H](C(C)(C)C)[C@H](NCc2cc(C(C)(C)C)ccc2OC)[C@@H]1c1ccccc1C(C)C. The Hall–Kier alpha value is -2.37. The fourth-order valence-corrected chi connectivity index (χ4v) is 6.21. The van der Waals surface area contributed by atoms with E-state index in [0.717, 1.165) is 11.3 Å². The number of carbonyl (C=O) groups is 1. The molecule has 5 nitrogen and oxygen atoms in total. The van der Waals surface area contributed by atoms with E-state index in [1.54, 1.807) is 7.11 Å². The molecule has 0 amide bonds. The van der Waals surface area contributed by atoms with E-state index in [9.17, 15) is 9.90 Å². The summed E-state index contributed by atoms with van der Waals surface area (Å²) in [5.74, 6) is 0.362. The van der Waals surface area contributed by atoms with Crippen LogP contribution in [0, 0.1) is 11.3 Å². The topological polar surface area (TPSA) is 61.8 Å². The molecule has 2 N–H and O–H groups in total. The van der Waals surface area contributed by atoms with E-state index in [4.69, 9.17) is 4.74 Å². The van der Waals surface area contributed by atoms with Crippen molar-refractivity contribution in [2.45, 2.75) is 98.3 Å². The van der Waals surface area contributed by atoms with Gasteiger partial charge in [0.2, 0.25) is 0 Å². The Morgan fingerprint density at radius 3 is 2.24 bits per heavy atom. The molecule has 0 saturated carbocycles. The lowest BCUT2D eigenvalue weighted by atomic mass is 9.72. The maximum atomic E-state index is 12.8. The zero-order chi connectivity index (χ0) is 27.7. The molecule has 0 aromatic heterocycles. The van der Waals surface area contributed by atoms with Crippen LogP contribution in [0.5, 0.6) is 5.75 Å². The van der Waals surface area contributed by atoms with Gasteiger partial charge in [0.25, 0.3) is 0 Å². The first-order chi connectivity index (χ1) is 17.2. The lowest BCUT2D eigenvalue weighted by molar-refractivity contribution is -0.145. The first-order valence-corrected chi connectivity index (χ1v) is 13.7. The van der Waals surface area contributed by atoms with E-state index in [2.05, 4.69) is 115 Å². The summed E-state index contributed by atoms with van der Waals surface area (Å²) in [5, 5.41) is 14.4. The molecule has 1 saturated heterocycles. The number of aliphatic carboxylic acids is 1. The number of hydrogen-bond acceptors (Lipinski definition) is 4. The highest BCUT2D eigenvalue weighted by Gasteiger charge is 2.56. The maximum absolute atomic E-state index is 12.8. The molecule has 1 fully saturated rings. The summed E-state index contributed by atoms with van der Waals surface area (Å²) in [4.78, 5) is 15.0. The number of hydrogen-bond donors (Lipinski definition) is 2. The number of ether oxygens (including phenoxy) is 1. The number of rotatable bonds is 8. The Balaban J connectivity index is 2.15. The molecule has 0 aliphatic carbocycles. The minimum absolute atomic E-state index is 0.0223. The van der Waals surface area contributed by atoms with Gasteiger partial charge in [-0.2, -0.15) is 0 Å². The zero-order valence-corrected chi connectivity index (χ0v) is 24.6. The van der Waals surface area contributed by atoms with Gasteiger partial charge < -0.3 is 15.2 Å². The number of likely N-dealkylation sites (N-methyl/N-ethyl adjacent to an activating group) is 1. The van der Waals surface area contributed by atoms with Crippen LogP contribution in [0.2, 0.25) is 0 Å². The van der Waals surface area contributed by atoms with Crippen LogP contribution in [0.15, 0.2) is 42.5 Å². The molecule has 2 aromatic rings. The average Bonchev–Trinajstić information content (AvgIpc) is 3.16. The number of likely N-dealkylation sites (tertiary alicyclic amines) is 1. The standard InChI is InChI=1S/C32H48N2O3/c1-11-34-28(24-15-13-12-14-23(24)20(2)3)27(26(32(7,8)9)29(34)30(35)36)33-19-21-18-22(31(4,5)6)16-17-25(21)37-10/h12-18,20,26-29,33H,11,19H2,1-10H3,(H,35,36)/t26-,27-,28-,29-/m0/s1. The normalized spacial score (nSPS) is 23.0. The second-order valence-electron chi connectivity index (χ2n) is 12.9. The summed E-state index contributed by atoms with van der Waals surface area (Å²) >= 11 is 0. The zero-order valence-electron chi connectivity index (χ0n) is 24.6. The van der Waals surface area contributed by atoms with Crippen LogP contribution < -0.4 is 10.1 Å². The van der Waals surface area contributed by atoms with Gasteiger partial charge in [-0.05, 0) is 46.0 Å². The molecule has 0 unspecified atom stereocenters. The molecule has 37 heavy (non-hydrogen) atoms. The van der Waals surface area contributed by atoms with Crippen molar-refractivity contribution in [3.05, 3.63) is 64.7 Å². The van der Waals surface area contributed by atoms with Crippen molar-refractivity contribution >= 4 is 5.97 Å². The fraction of sp³-hybridized carbons (Fsp3) is 0.594. The van der Waals surface area contributed by atoms with Crippen molar-refractivity contribution in [1.82, 2.24) is 10.2 Å². The molecule has 5 heteroatoms. The van der Waals surface area contributed by atoms with Crippen LogP contribution in [0.1, 0.15) is 96.5 Å². The number of carboxylic acids is 1. The molecule has 0 bridgehead atoms. The minimum Gasteiger partial charge on any atom is -0.496 e. The van der Waals surface area contributed by atoms with E-state index in [-0.39, 0.29) is 28.8 Å². The molecule has 1 aliphatic rings. The summed E-state index contributed by atoms with van der Waals surface area (Å²) in [6.07, 6.45) is 0. The summed E-state index contributed by atoms with van der Waals surface area (Å²) < 4.78 is 5.74. The second kappa shape index (κ2) is 11.2. The third-order valence-electron chi connectivity index (χ3n) is 8.01. The Labute approximate surface area is 224 Å². The maximum Gasteiger partial charge on any atom is 0.321 e. The van der Waals surface area contributed by atoms with E-state index in [0.29, 0.717) is 19.0 Å². The average molecular weight is 509 g/mol. The summed E-state index contributed by atoms with van der Waals surface area (Å²) in [7, 11) is 1.71. The largest absolute Gasteiger partial charge is 0.496 e. The van der Waals surface area contributed by atoms with E-state index in [1.165, 1.54) is 16.7 Å². The van der Waals surface area contributed by atoms with Crippen LogP contribution in [0.3, 0.4) is 0 Å². The van der Waals surface area contributed by atoms with Gasteiger partial charge in [-0.25, -0.2) is 0 Å². The van der Waals surface area contributed by atoms with Crippen LogP contribution in [0.25, 0.3) is 0 Å². The van der Waals surface area contributed by atoms with Crippen molar-refractivity contribution in [2.75, 3.05) is 13.7 Å². The molecule has 0 spiro atoms. The molecule has 4 atom stereocenters. The van der Waals surface area contributed by atoms with Gasteiger partial charge in [-0.15, -0.1) is 0 Å². The number of methoxy groups -OCH3 is 1. The monoisotopic (exact) mass is 508 g/mol. The van der Waals surface area contributed by atoms with Crippen molar-refractivity contribution in [1.29, 1.82) is 0 Å². The first kappa shape index (κ1) is 29.2. The Morgan fingerprint density at radius 2 is 1.73 bits per heavy atom. The van der Waals surface area contributed by atoms with Gasteiger partial charge in [-0.3, -0.25) is 9.69 Å². The molecule has 0 radical (unpaired) electrons. The second-order valence-corrected chi connectivity index (χ2v) is 12.9. The predicted molar refractivity (Wildman–Crippen MR) is 152 cm³/mol. The highest BCUT2D eigenvalue weighted by atomic mass is 16.5. The number of benzene rings is 2. The molecule has 3 rings (SSSR count). The van der Waals surface area contributed by atoms with Crippen LogP contribution in [-0.4, -0.2) is 41.7 Å². The van der Waals surface area contributed by atoms with Crippen LogP contribution in [0.4, 0.5) is 0 Å². The van der Waals surface area contributed by atoms with Crippen molar-refractivity contribution in [3.63, 3.8) is 0 Å². The molecular weight excluding hydrogens is 460 g/mol. The minimum atomic E-state index is -0.745. The van der Waals surface area contributed by atoms with Gasteiger partial charge >= 0.3 is 5.97 Å². The number of nitrogens with zero attached hydrogens (tertiary/aromatic N) is 1. The predicted octanol–water partition coefficient (Wildman–Crippen LogP) is 6.77. The molecule has 2 aromatic carbocycles. The fourth-order valence-electron chi connectivity index (χ4n) is 6.21. The lowest BCUT2D eigenvalue weighted by Gasteiger charge is -2.36. The highest BCUT2D eigenvalue weighted by molar-refractivity contribution is 5.75. The lowest BCUT2D eigenvalue weighted by Crippen LogP contribution is -2.47. The van der Waals surface area contributed by atoms with Gasteiger partial charge in [0.1, 0.15) is 11.8 Å². The smallest absolute Gasteiger partial charge is 0.321 e. The Kier molecular flexibility index (Phi) is 8.81. The van der Waals surface area contributed by atoms with Gasteiger partial charge in [0.05, 0.1) is 13.2 Å². The van der Waals surface area contributed by atoms with Crippen LogP contribution >= 0.6 is 0 Å². The van der Waals surface area contributed by atoms with Crippen molar-refractivity contribution in [3.8, 4) is 5.75 Å². The molecule has 204 valence electrons. The molecule has 1 heterocycles. The van der Waals surface area contributed by atoms with E-state index in [1.807, 2.05) is 0 Å². The Morgan fingerprint density at radius 1 is 1.08 bits per heavy atom.